The Morgan fingerprint density at radius 2 is 1.60 bits per heavy atom. The molecule has 0 saturated heterocycles. The number of hydrogen-bond donors (Lipinski definition) is 5. The zero-order valence-electron chi connectivity index (χ0n) is 15.4. The Morgan fingerprint density at radius 1 is 0.960 bits per heavy atom. The van der Waals surface area contributed by atoms with Crippen LogP contribution in [0.5, 0.6) is 0 Å². The lowest BCUT2D eigenvalue weighted by Crippen LogP contribution is -2.69. The Hall–Kier alpha value is -0.460. The van der Waals surface area contributed by atoms with Crippen molar-refractivity contribution in [2.75, 3.05) is 0 Å². The molecule has 5 N–H and O–H groups in total. The molecule has 9 unspecified atom stereocenters. The van der Waals surface area contributed by atoms with Crippen LogP contribution in [0.1, 0.15) is 52.9 Å². The summed E-state index contributed by atoms with van der Waals surface area (Å²) in [5.74, 6) is -0.565. The molecule has 5 nitrogen and oxygen atoms in total. The molecule has 4 fully saturated rings. The van der Waals surface area contributed by atoms with Gasteiger partial charge in [-0.3, -0.25) is 0 Å². The van der Waals surface area contributed by atoms with E-state index in [4.69, 9.17) is 0 Å². The van der Waals surface area contributed by atoms with Gasteiger partial charge in [0.2, 0.25) is 0 Å². The molecule has 4 aliphatic rings. The fraction of sp³-hybridized carbons (Fsp3) is 0.900. The lowest BCUT2D eigenvalue weighted by molar-refractivity contribution is -0.249. The van der Waals surface area contributed by atoms with Crippen LogP contribution in [0, 0.1) is 28.6 Å². The number of rotatable bonds is 0. The van der Waals surface area contributed by atoms with Gasteiger partial charge >= 0.3 is 0 Å². The maximum Gasteiger partial charge on any atom is 0.0983 e. The summed E-state index contributed by atoms with van der Waals surface area (Å²) >= 11 is 0. The van der Waals surface area contributed by atoms with Crippen molar-refractivity contribution in [3.8, 4) is 0 Å². The van der Waals surface area contributed by atoms with Gasteiger partial charge in [0.05, 0.1) is 29.5 Å². The van der Waals surface area contributed by atoms with Crippen molar-refractivity contribution in [1.82, 2.24) is 0 Å². The van der Waals surface area contributed by atoms with Crippen molar-refractivity contribution in [1.29, 1.82) is 0 Å². The first-order valence-electron chi connectivity index (χ1n) is 9.55. The molecule has 4 saturated carbocycles. The van der Waals surface area contributed by atoms with Crippen LogP contribution in [-0.2, 0) is 0 Å². The van der Waals surface area contributed by atoms with Gasteiger partial charge in [-0.1, -0.05) is 26.0 Å². The minimum absolute atomic E-state index is 0.0126. The number of hydrogen-bond acceptors (Lipinski definition) is 5. The molecule has 0 aliphatic heterocycles. The largest absolute Gasteiger partial charge is 0.392 e. The minimum atomic E-state index is -1.43. The molecule has 4 aliphatic carbocycles. The molecule has 0 amide bonds. The molecule has 0 aromatic heterocycles. The monoisotopic (exact) mass is 352 g/mol. The lowest BCUT2D eigenvalue weighted by atomic mass is 9.45. The fourth-order valence-corrected chi connectivity index (χ4v) is 7.13. The van der Waals surface area contributed by atoms with Crippen molar-refractivity contribution >= 4 is 0 Å². The normalized spacial score (nSPS) is 60.1. The Labute approximate surface area is 149 Å². The van der Waals surface area contributed by atoms with E-state index in [2.05, 4.69) is 6.58 Å². The summed E-state index contributed by atoms with van der Waals surface area (Å²) in [6.07, 6.45) is 0.0811. The van der Waals surface area contributed by atoms with Crippen LogP contribution < -0.4 is 0 Å². The third-order valence-corrected chi connectivity index (χ3v) is 8.52. The van der Waals surface area contributed by atoms with Crippen LogP contribution in [0.25, 0.3) is 0 Å². The zero-order valence-corrected chi connectivity index (χ0v) is 15.4. The highest BCUT2D eigenvalue weighted by Crippen LogP contribution is 2.69. The van der Waals surface area contributed by atoms with Gasteiger partial charge in [0.15, 0.2) is 0 Å². The fourth-order valence-electron chi connectivity index (χ4n) is 7.13. The van der Waals surface area contributed by atoms with Gasteiger partial charge in [0.1, 0.15) is 0 Å². The molecule has 0 heterocycles. The molecule has 142 valence electrons. The average molecular weight is 352 g/mol. The van der Waals surface area contributed by atoms with Crippen molar-refractivity contribution in [2.24, 2.45) is 28.6 Å². The van der Waals surface area contributed by atoms with Crippen LogP contribution in [0.15, 0.2) is 12.2 Å². The summed E-state index contributed by atoms with van der Waals surface area (Å²) in [5, 5.41) is 55.1. The summed E-state index contributed by atoms with van der Waals surface area (Å²) in [4.78, 5) is 0. The van der Waals surface area contributed by atoms with E-state index in [1.807, 2.05) is 0 Å². The second-order valence-electron chi connectivity index (χ2n) is 10.2. The highest BCUT2D eigenvalue weighted by atomic mass is 16.4. The first-order valence-corrected chi connectivity index (χ1v) is 9.55. The first kappa shape index (κ1) is 17.9. The summed E-state index contributed by atoms with van der Waals surface area (Å²) in [6.45, 7) is 9.59. The third kappa shape index (κ3) is 1.97. The standard InChI is InChI=1S/C20H32O5/c1-10-11-5-6-12-15(22)19(11,8-18(12,4)24)9-20(25)13(10)7-14(21)17(2,3)16(20)23/h11-16,21-25H,1,5-9H2,2-4H3. The average Bonchev–Trinajstić information content (AvgIpc) is 2.61. The van der Waals surface area contributed by atoms with E-state index in [-0.39, 0.29) is 24.2 Å². The van der Waals surface area contributed by atoms with Crippen LogP contribution in [0.2, 0.25) is 0 Å². The smallest absolute Gasteiger partial charge is 0.0983 e. The molecule has 0 aromatic carbocycles. The van der Waals surface area contributed by atoms with E-state index < -0.39 is 40.3 Å². The van der Waals surface area contributed by atoms with Crippen molar-refractivity contribution < 1.29 is 25.5 Å². The predicted molar refractivity (Wildman–Crippen MR) is 92.5 cm³/mol. The van der Waals surface area contributed by atoms with Crippen molar-refractivity contribution in [2.45, 2.75) is 82.4 Å². The number of fused-ring (bicyclic) bond motifs is 2. The van der Waals surface area contributed by atoms with Crippen LogP contribution in [0.3, 0.4) is 0 Å². The maximum absolute atomic E-state index is 11.6. The molecule has 4 rings (SSSR count). The highest BCUT2D eigenvalue weighted by Gasteiger charge is 2.72. The highest BCUT2D eigenvalue weighted by molar-refractivity contribution is 5.32. The van der Waals surface area contributed by atoms with Gasteiger partial charge in [-0.2, -0.15) is 0 Å². The van der Waals surface area contributed by atoms with Crippen LogP contribution >= 0.6 is 0 Å². The van der Waals surface area contributed by atoms with E-state index in [9.17, 15) is 25.5 Å². The number of aliphatic hydroxyl groups excluding tert-OH is 3. The Balaban J connectivity index is 1.82. The summed E-state index contributed by atoms with van der Waals surface area (Å²) in [5.41, 5.74) is -3.05. The molecule has 2 bridgehead atoms. The zero-order chi connectivity index (χ0) is 18.6. The molecule has 5 heteroatoms. The topological polar surface area (TPSA) is 101 Å². The van der Waals surface area contributed by atoms with Crippen molar-refractivity contribution in [3.63, 3.8) is 0 Å². The second-order valence-corrected chi connectivity index (χ2v) is 10.2. The van der Waals surface area contributed by atoms with E-state index in [1.165, 1.54) is 0 Å². The Bertz CT molecular complexity index is 609. The molecule has 1 spiro atoms. The minimum Gasteiger partial charge on any atom is -0.392 e. The van der Waals surface area contributed by atoms with Crippen LogP contribution in [-0.4, -0.2) is 55.0 Å². The predicted octanol–water partition coefficient (Wildman–Crippen LogP) is 0.974. The van der Waals surface area contributed by atoms with Crippen LogP contribution in [0.4, 0.5) is 0 Å². The quantitative estimate of drug-likeness (QED) is 0.418. The first-order chi connectivity index (χ1) is 11.4. The Kier molecular flexibility index (Phi) is 3.49. The van der Waals surface area contributed by atoms with E-state index in [0.29, 0.717) is 12.8 Å². The third-order valence-electron chi connectivity index (χ3n) is 8.52. The molecule has 9 atom stereocenters. The molecular formula is C20H32O5. The van der Waals surface area contributed by atoms with Gasteiger partial charge < -0.3 is 25.5 Å². The van der Waals surface area contributed by atoms with E-state index >= 15 is 0 Å². The van der Waals surface area contributed by atoms with Gasteiger partial charge in [-0.15, -0.1) is 0 Å². The van der Waals surface area contributed by atoms with Gasteiger partial charge in [0.25, 0.3) is 0 Å². The maximum atomic E-state index is 11.6. The second kappa shape index (κ2) is 4.87. The number of aliphatic hydroxyl groups is 5. The molecular weight excluding hydrogens is 320 g/mol. The van der Waals surface area contributed by atoms with Crippen molar-refractivity contribution in [3.05, 3.63) is 12.2 Å². The summed E-state index contributed by atoms with van der Waals surface area (Å²) in [6, 6.07) is 0. The Morgan fingerprint density at radius 3 is 2.24 bits per heavy atom. The summed E-state index contributed by atoms with van der Waals surface area (Å²) in [7, 11) is 0. The summed E-state index contributed by atoms with van der Waals surface area (Å²) < 4.78 is 0. The molecule has 0 radical (unpaired) electrons. The molecule has 25 heavy (non-hydrogen) atoms. The van der Waals surface area contributed by atoms with Gasteiger partial charge in [-0.05, 0) is 44.9 Å². The SMILES string of the molecule is C=C1C2CC(O)C(C)(C)C(O)C2(O)CC23CC(C)(O)C(CCC12)C3O. The lowest BCUT2D eigenvalue weighted by Gasteiger charge is -2.63. The van der Waals surface area contributed by atoms with E-state index in [1.54, 1.807) is 20.8 Å². The van der Waals surface area contributed by atoms with E-state index in [0.717, 1.165) is 18.4 Å². The van der Waals surface area contributed by atoms with Gasteiger partial charge in [0, 0.05) is 22.7 Å². The van der Waals surface area contributed by atoms with Gasteiger partial charge in [-0.25, -0.2) is 0 Å². The molecule has 0 aromatic rings.